The third kappa shape index (κ3) is 2.87. The molecule has 2 fully saturated rings. The summed E-state index contributed by atoms with van der Waals surface area (Å²) in [4.78, 5) is 24.5. The van der Waals surface area contributed by atoms with Gasteiger partial charge in [0.1, 0.15) is 11.9 Å². The Balaban J connectivity index is 1.75. The van der Waals surface area contributed by atoms with Crippen molar-refractivity contribution < 1.29 is 14.3 Å². The summed E-state index contributed by atoms with van der Waals surface area (Å²) in [5, 5.41) is 0. The van der Waals surface area contributed by atoms with Crippen molar-refractivity contribution in [3.05, 3.63) is 35.9 Å². The molecule has 0 spiro atoms. The van der Waals surface area contributed by atoms with Gasteiger partial charge in [-0.15, -0.1) is 0 Å². The van der Waals surface area contributed by atoms with Crippen molar-refractivity contribution in [2.75, 3.05) is 0 Å². The first-order valence-corrected chi connectivity index (χ1v) is 7.95. The van der Waals surface area contributed by atoms with E-state index < -0.39 is 0 Å². The third-order valence-corrected chi connectivity index (χ3v) is 5.06. The first kappa shape index (κ1) is 14.3. The summed E-state index contributed by atoms with van der Waals surface area (Å²) in [5.41, 5.74) is 0.593. The highest BCUT2D eigenvalue weighted by Crippen LogP contribution is 2.44. The minimum atomic E-state index is -0.256. The highest BCUT2D eigenvalue weighted by Gasteiger charge is 2.45. The van der Waals surface area contributed by atoms with Crippen molar-refractivity contribution in [3.63, 3.8) is 0 Å². The molecule has 0 radical (unpaired) electrons. The fraction of sp³-hybridized carbons (Fsp3) is 0.556. The van der Waals surface area contributed by atoms with E-state index in [2.05, 4.69) is 6.92 Å². The van der Waals surface area contributed by atoms with Crippen LogP contribution in [0.5, 0.6) is 0 Å². The van der Waals surface area contributed by atoms with Crippen molar-refractivity contribution in [3.8, 4) is 0 Å². The molecule has 0 aliphatic heterocycles. The first-order chi connectivity index (χ1) is 10.2. The van der Waals surface area contributed by atoms with Gasteiger partial charge in [0.2, 0.25) is 0 Å². The number of Topliss-reactive ketones (excluding diaryl/α,β-unsaturated/α-hetero) is 1. The second-order valence-electron chi connectivity index (χ2n) is 6.41. The summed E-state index contributed by atoms with van der Waals surface area (Å²) in [6.45, 7) is 2.16. The van der Waals surface area contributed by atoms with Gasteiger partial charge in [-0.3, -0.25) is 4.79 Å². The summed E-state index contributed by atoms with van der Waals surface area (Å²) < 4.78 is 5.78. The molecule has 0 aromatic heterocycles. The molecule has 1 aromatic rings. The van der Waals surface area contributed by atoms with E-state index in [1.165, 1.54) is 0 Å². The van der Waals surface area contributed by atoms with Crippen molar-refractivity contribution in [1.29, 1.82) is 0 Å². The van der Waals surface area contributed by atoms with Crippen LogP contribution in [0.15, 0.2) is 30.3 Å². The number of hydrogen-bond acceptors (Lipinski definition) is 3. The molecule has 0 heterocycles. The molecule has 0 N–H and O–H groups in total. The molecule has 3 rings (SSSR count). The Morgan fingerprint density at radius 2 is 1.90 bits per heavy atom. The zero-order chi connectivity index (χ0) is 14.8. The largest absolute Gasteiger partial charge is 0.458 e. The quantitative estimate of drug-likeness (QED) is 0.780. The van der Waals surface area contributed by atoms with E-state index in [9.17, 15) is 9.59 Å². The normalized spacial score (nSPS) is 32.3. The number of ether oxygens (including phenoxy) is 1. The van der Waals surface area contributed by atoms with Gasteiger partial charge < -0.3 is 4.74 Å². The number of esters is 1. The molecule has 3 heteroatoms. The summed E-state index contributed by atoms with van der Waals surface area (Å²) in [6.07, 6.45) is 4.28. The highest BCUT2D eigenvalue weighted by atomic mass is 16.5. The molecule has 0 bridgehead atoms. The van der Waals surface area contributed by atoms with E-state index in [1.807, 2.05) is 18.2 Å². The van der Waals surface area contributed by atoms with Crippen LogP contribution < -0.4 is 0 Å². The maximum Gasteiger partial charge on any atom is 0.338 e. The predicted molar refractivity (Wildman–Crippen MR) is 79.9 cm³/mol. The Morgan fingerprint density at radius 1 is 1.14 bits per heavy atom. The lowest BCUT2D eigenvalue weighted by Gasteiger charge is -2.26. The van der Waals surface area contributed by atoms with Crippen molar-refractivity contribution in [2.45, 2.75) is 45.1 Å². The van der Waals surface area contributed by atoms with Gasteiger partial charge >= 0.3 is 5.97 Å². The monoisotopic (exact) mass is 286 g/mol. The highest BCUT2D eigenvalue weighted by molar-refractivity contribution is 5.89. The van der Waals surface area contributed by atoms with Gasteiger partial charge in [-0.25, -0.2) is 4.79 Å². The molecule has 2 aliphatic rings. The molecule has 2 aliphatic carbocycles. The molecule has 0 amide bonds. The van der Waals surface area contributed by atoms with Crippen molar-refractivity contribution >= 4 is 11.8 Å². The molecular weight excluding hydrogens is 264 g/mol. The predicted octanol–water partition coefficient (Wildman–Crippen LogP) is 3.63. The van der Waals surface area contributed by atoms with Gasteiger partial charge in [-0.05, 0) is 43.7 Å². The van der Waals surface area contributed by atoms with Crippen LogP contribution >= 0.6 is 0 Å². The van der Waals surface area contributed by atoms with E-state index in [4.69, 9.17) is 4.74 Å². The molecule has 1 aromatic carbocycles. The summed E-state index contributed by atoms with van der Waals surface area (Å²) in [5.74, 6) is 0.874. The van der Waals surface area contributed by atoms with Crippen LogP contribution in [0.2, 0.25) is 0 Å². The van der Waals surface area contributed by atoms with Gasteiger partial charge in [-0.1, -0.05) is 25.1 Å². The van der Waals surface area contributed by atoms with Crippen LogP contribution in [-0.4, -0.2) is 17.9 Å². The second-order valence-corrected chi connectivity index (χ2v) is 6.41. The Morgan fingerprint density at radius 3 is 2.67 bits per heavy atom. The topological polar surface area (TPSA) is 43.4 Å². The van der Waals surface area contributed by atoms with Gasteiger partial charge in [-0.2, -0.15) is 0 Å². The van der Waals surface area contributed by atoms with Crippen molar-refractivity contribution in [1.82, 2.24) is 0 Å². The average Bonchev–Trinajstić information content (AvgIpc) is 2.81. The molecule has 4 atom stereocenters. The summed E-state index contributed by atoms with van der Waals surface area (Å²) in [6, 6.07) is 9.12. The molecule has 2 saturated carbocycles. The Kier molecular flexibility index (Phi) is 4.09. The number of carbonyl (C=O) groups excluding carboxylic acids is 2. The minimum Gasteiger partial charge on any atom is -0.458 e. The first-order valence-electron chi connectivity index (χ1n) is 7.95. The number of hydrogen-bond donors (Lipinski definition) is 0. The Labute approximate surface area is 125 Å². The average molecular weight is 286 g/mol. The fourth-order valence-electron chi connectivity index (χ4n) is 3.99. The lowest BCUT2D eigenvalue weighted by Crippen LogP contribution is -2.32. The lowest BCUT2D eigenvalue weighted by atomic mass is 9.84. The molecule has 3 nitrogen and oxygen atoms in total. The van der Waals surface area contributed by atoms with E-state index in [0.717, 1.165) is 25.7 Å². The van der Waals surface area contributed by atoms with Crippen LogP contribution in [0.3, 0.4) is 0 Å². The molecule has 4 unspecified atom stereocenters. The van der Waals surface area contributed by atoms with E-state index in [0.29, 0.717) is 23.7 Å². The zero-order valence-corrected chi connectivity index (χ0v) is 12.5. The number of fused-ring (bicyclic) bond motifs is 1. The Hall–Kier alpha value is -1.64. The van der Waals surface area contributed by atoms with E-state index in [-0.39, 0.29) is 23.9 Å². The van der Waals surface area contributed by atoms with Gasteiger partial charge in [0, 0.05) is 18.3 Å². The molecular formula is C18H22O3. The fourth-order valence-corrected chi connectivity index (χ4v) is 3.99. The zero-order valence-electron chi connectivity index (χ0n) is 12.5. The van der Waals surface area contributed by atoms with Gasteiger partial charge in [0.25, 0.3) is 0 Å². The number of ketones is 1. The molecule has 112 valence electrons. The standard InChI is InChI=1S/C18H22O3/c1-12-10-11-14-16(9-5-8-15(19)17(12)14)21-18(20)13-6-3-2-4-7-13/h2-4,6-7,12,14,16-17H,5,8-11H2,1H3. The maximum atomic E-state index is 12.3. The van der Waals surface area contributed by atoms with Gasteiger partial charge in [0.05, 0.1) is 5.56 Å². The molecule has 0 saturated heterocycles. The summed E-state index contributed by atoms with van der Waals surface area (Å²) in [7, 11) is 0. The van der Waals surface area contributed by atoms with Gasteiger partial charge in [0.15, 0.2) is 0 Å². The SMILES string of the molecule is CC1CCC2C(OC(=O)c3ccccc3)CCCC(=O)C12. The Bertz CT molecular complexity index is 523. The van der Waals surface area contributed by atoms with E-state index in [1.54, 1.807) is 12.1 Å². The van der Waals surface area contributed by atoms with Crippen LogP contribution in [-0.2, 0) is 9.53 Å². The van der Waals surface area contributed by atoms with Crippen LogP contribution in [0.4, 0.5) is 0 Å². The summed E-state index contributed by atoms with van der Waals surface area (Å²) >= 11 is 0. The number of carbonyl (C=O) groups is 2. The van der Waals surface area contributed by atoms with Crippen LogP contribution in [0.1, 0.15) is 49.4 Å². The lowest BCUT2D eigenvalue weighted by molar-refractivity contribution is -0.125. The molecule has 21 heavy (non-hydrogen) atoms. The van der Waals surface area contributed by atoms with Crippen LogP contribution in [0, 0.1) is 17.8 Å². The number of benzene rings is 1. The smallest absolute Gasteiger partial charge is 0.338 e. The van der Waals surface area contributed by atoms with Crippen molar-refractivity contribution in [2.24, 2.45) is 17.8 Å². The minimum absolute atomic E-state index is 0.0980. The third-order valence-electron chi connectivity index (χ3n) is 5.06. The number of rotatable bonds is 2. The maximum absolute atomic E-state index is 12.3. The second kappa shape index (κ2) is 6.00. The van der Waals surface area contributed by atoms with E-state index >= 15 is 0 Å². The van der Waals surface area contributed by atoms with Crippen LogP contribution in [0.25, 0.3) is 0 Å².